The maximum absolute atomic E-state index is 10.4. The molecule has 170 valence electrons. The van der Waals surface area contributed by atoms with Gasteiger partial charge in [0.25, 0.3) is 0 Å². The molecule has 0 fully saturated rings. The van der Waals surface area contributed by atoms with E-state index in [1.165, 1.54) is 16.9 Å². The molecule has 0 aliphatic carbocycles. The summed E-state index contributed by atoms with van der Waals surface area (Å²) in [5.74, 6) is 0.814. The zero-order valence-electron chi connectivity index (χ0n) is 18.4. The Morgan fingerprint density at radius 3 is 3.06 bits per heavy atom. The van der Waals surface area contributed by atoms with E-state index in [9.17, 15) is 5.11 Å². The Morgan fingerprint density at radius 1 is 1.33 bits per heavy atom. The lowest BCUT2D eigenvalue weighted by molar-refractivity contribution is 0.177. The number of aromatic nitrogens is 4. The first-order valence-electron chi connectivity index (χ1n) is 11.2. The standard InChI is InChI=1S/C24H24ClN5O2S/c1-3-18(31)20-9-17-24(33-20)21(28-11-27-17)14-8-13(25)6-12-7-19(32-23(12)14)22-15-10-26-5-4-16(15)29-30(22)2/h6,8-9,11,18-19,26,31H,3-5,7,10H2,1-2H3. The molecular weight excluding hydrogens is 458 g/mol. The first-order chi connectivity index (χ1) is 16.0. The number of rotatable bonds is 4. The number of halogens is 1. The molecule has 0 spiro atoms. The third-order valence-corrected chi connectivity index (χ3v) is 7.97. The second kappa shape index (κ2) is 8.06. The molecule has 5 heterocycles. The molecular formula is C24H24ClN5O2S. The lowest BCUT2D eigenvalue weighted by atomic mass is 9.99. The van der Waals surface area contributed by atoms with Crippen molar-refractivity contribution < 1.29 is 9.84 Å². The van der Waals surface area contributed by atoms with E-state index in [1.54, 1.807) is 6.33 Å². The summed E-state index contributed by atoms with van der Waals surface area (Å²) < 4.78 is 9.51. The van der Waals surface area contributed by atoms with Crippen molar-refractivity contribution in [3.05, 3.63) is 56.9 Å². The Bertz CT molecular complexity index is 1380. The highest BCUT2D eigenvalue weighted by Crippen LogP contribution is 2.47. The molecule has 2 unspecified atom stereocenters. The molecule has 0 saturated heterocycles. The van der Waals surface area contributed by atoms with Crippen LogP contribution in [0.3, 0.4) is 0 Å². The molecule has 33 heavy (non-hydrogen) atoms. The maximum Gasteiger partial charge on any atom is 0.145 e. The first-order valence-corrected chi connectivity index (χ1v) is 12.4. The molecule has 0 saturated carbocycles. The van der Waals surface area contributed by atoms with E-state index >= 15 is 0 Å². The fourth-order valence-corrected chi connectivity index (χ4v) is 6.36. The number of benzene rings is 1. The van der Waals surface area contributed by atoms with E-state index in [0.29, 0.717) is 11.4 Å². The highest BCUT2D eigenvalue weighted by atomic mass is 35.5. The van der Waals surface area contributed by atoms with Gasteiger partial charge in [0.2, 0.25) is 0 Å². The van der Waals surface area contributed by atoms with E-state index in [2.05, 4.69) is 15.3 Å². The summed E-state index contributed by atoms with van der Waals surface area (Å²) in [4.78, 5) is 9.94. The van der Waals surface area contributed by atoms with E-state index in [1.807, 2.05) is 36.9 Å². The number of ether oxygens (including phenoxy) is 1. The largest absolute Gasteiger partial charge is 0.483 e. The summed E-state index contributed by atoms with van der Waals surface area (Å²) in [6.45, 7) is 3.73. The van der Waals surface area contributed by atoms with Crippen LogP contribution in [0.4, 0.5) is 0 Å². The van der Waals surface area contributed by atoms with Gasteiger partial charge in [-0.1, -0.05) is 18.5 Å². The molecule has 2 N–H and O–H groups in total. The van der Waals surface area contributed by atoms with Crippen LogP contribution in [0.2, 0.25) is 5.02 Å². The van der Waals surface area contributed by atoms with Gasteiger partial charge in [0.1, 0.15) is 18.2 Å². The van der Waals surface area contributed by atoms with Crippen LogP contribution >= 0.6 is 22.9 Å². The number of aliphatic hydroxyl groups excluding tert-OH is 1. The first kappa shape index (κ1) is 21.0. The molecule has 2 atom stereocenters. The number of nitrogens with one attached hydrogen (secondary N) is 1. The molecule has 6 rings (SSSR count). The van der Waals surface area contributed by atoms with E-state index in [-0.39, 0.29) is 6.10 Å². The van der Waals surface area contributed by atoms with Crippen LogP contribution < -0.4 is 10.1 Å². The Balaban J connectivity index is 1.45. The average molecular weight is 482 g/mol. The van der Waals surface area contributed by atoms with Gasteiger partial charge in [-0.3, -0.25) is 4.68 Å². The van der Waals surface area contributed by atoms with Gasteiger partial charge in [0, 0.05) is 59.6 Å². The monoisotopic (exact) mass is 481 g/mol. The fourth-order valence-electron chi connectivity index (χ4n) is 4.94. The SMILES string of the molecule is CCC(O)c1cc2ncnc(-c3cc(Cl)cc4c3OC(c3c5c(nn3C)CCNC5)C4)c2s1. The van der Waals surface area contributed by atoms with Crippen LogP contribution in [0.1, 0.15) is 52.9 Å². The van der Waals surface area contributed by atoms with E-state index in [4.69, 9.17) is 21.4 Å². The summed E-state index contributed by atoms with van der Waals surface area (Å²) in [6, 6.07) is 5.85. The van der Waals surface area contributed by atoms with Gasteiger partial charge < -0.3 is 15.2 Å². The van der Waals surface area contributed by atoms with Crippen molar-refractivity contribution in [2.24, 2.45) is 7.05 Å². The van der Waals surface area contributed by atoms with Crippen molar-refractivity contribution >= 4 is 33.2 Å². The highest BCUT2D eigenvalue weighted by molar-refractivity contribution is 7.19. The van der Waals surface area contributed by atoms with Crippen molar-refractivity contribution in [2.45, 2.75) is 44.9 Å². The lowest BCUT2D eigenvalue weighted by Gasteiger charge is -2.17. The van der Waals surface area contributed by atoms with Gasteiger partial charge in [-0.2, -0.15) is 5.10 Å². The van der Waals surface area contributed by atoms with E-state index < -0.39 is 6.10 Å². The normalized spacial score (nSPS) is 18.2. The van der Waals surface area contributed by atoms with Crippen molar-refractivity contribution in [3.8, 4) is 17.0 Å². The minimum atomic E-state index is -0.507. The number of thiophene rings is 1. The van der Waals surface area contributed by atoms with E-state index in [0.717, 1.165) is 75.0 Å². The van der Waals surface area contributed by atoms with Crippen molar-refractivity contribution in [2.75, 3.05) is 6.54 Å². The number of aryl methyl sites for hydroxylation is 1. The lowest BCUT2D eigenvalue weighted by Crippen LogP contribution is -2.24. The zero-order valence-corrected chi connectivity index (χ0v) is 20.0. The quantitative estimate of drug-likeness (QED) is 0.446. The maximum atomic E-state index is 10.4. The van der Waals surface area contributed by atoms with Crippen LogP contribution in [0.15, 0.2) is 24.5 Å². The van der Waals surface area contributed by atoms with Crippen LogP contribution in [-0.4, -0.2) is 31.4 Å². The molecule has 7 nitrogen and oxygen atoms in total. The summed E-state index contributed by atoms with van der Waals surface area (Å²) in [6.07, 6.45) is 3.24. The number of aliphatic hydroxyl groups is 1. The molecule has 4 aromatic rings. The van der Waals surface area contributed by atoms with Crippen LogP contribution in [0.25, 0.3) is 21.5 Å². The minimum Gasteiger partial charge on any atom is -0.483 e. The van der Waals surface area contributed by atoms with Gasteiger partial charge in [-0.25, -0.2) is 9.97 Å². The molecule has 2 aliphatic rings. The average Bonchev–Trinajstić information content (AvgIpc) is 3.51. The molecule has 0 radical (unpaired) electrons. The molecule has 3 aromatic heterocycles. The molecule has 2 aliphatic heterocycles. The summed E-state index contributed by atoms with van der Waals surface area (Å²) in [5.41, 5.74) is 7.06. The third-order valence-electron chi connectivity index (χ3n) is 6.52. The molecule has 9 heteroatoms. The Hall–Kier alpha value is -2.52. The second-order valence-corrected chi connectivity index (χ2v) is 10.1. The van der Waals surface area contributed by atoms with Crippen LogP contribution in [-0.2, 0) is 26.4 Å². The summed E-state index contributed by atoms with van der Waals surface area (Å²) in [5, 5.41) is 19.2. The number of hydrogen-bond acceptors (Lipinski definition) is 7. The Kier molecular flexibility index (Phi) is 5.14. The van der Waals surface area contributed by atoms with Gasteiger partial charge in [0.15, 0.2) is 0 Å². The van der Waals surface area contributed by atoms with Gasteiger partial charge in [0.05, 0.1) is 33.4 Å². The second-order valence-electron chi connectivity index (χ2n) is 8.62. The molecule has 0 bridgehead atoms. The topological polar surface area (TPSA) is 85.1 Å². The summed E-state index contributed by atoms with van der Waals surface area (Å²) in [7, 11) is 1.99. The molecule has 1 aromatic carbocycles. The number of nitrogens with zero attached hydrogens (tertiary/aromatic N) is 4. The van der Waals surface area contributed by atoms with Gasteiger partial charge in [-0.15, -0.1) is 11.3 Å². The van der Waals surface area contributed by atoms with Crippen molar-refractivity contribution in [1.29, 1.82) is 0 Å². The Labute approximate surface area is 200 Å². The summed E-state index contributed by atoms with van der Waals surface area (Å²) >= 11 is 8.09. The van der Waals surface area contributed by atoms with Crippen molar-refractivity contribution in [3.63, 3.8) is 0 Å². The van der Waals surface area contributed by atoms with Crippen LogP contribution in [0.5, 0.6) is 5.75 Å². The van der Waals surface area contributed by atoms with Crippen molar-refractivity contribution in [1.82, 2.24) is 25.1 Å². The zero-order chi connectivity index (χ0) is 22.7. The van der Waals surface area contributed by atoms with Crippen LogP contribution in [0, 0.1) is 0 Å². The minimum absolute atomic E-state index is 0.128. The predicted molar refractivity (Wildman–Crippen MR) is 129 cm³/mol. The third kappa shape index (κ3) is 3.44. The number of fused-ring (bicyclic) bond motifs is 3. The smallest absolute Gasteiger partial charge is 0.145 e. The highest BCUT2D eigenvalue weighted by Gasteiger charge is 2.34. The van der Waals surface area contributed by atoms with Gasteiger partial charge in [-0.05, 0) is 24.6 Å². The van der Waals surface area contributed by atoms with Gasteiger partial charge >= 0.3 is 0 Å². The predicted octanol–water partition coefficient (Wildman–Crippen LogP) is 4.51. The molecule has 0 amide bonds. The Morgan fingerprint density at radius 2 is 2.21 bits per heavy atom. The number of hydrogen-bond donors (Lipinski definition) is 2. The fraction of sp³-hybridized carbons (Fsp3) is 0.375.